The van der Waals surface area contributed by atoms with Crippen molar-refractivity contribution in [1.29, 1.82) is 0 Å². The van der Waals surface area contributed by atoms with Gasteiger partial charge in [0.15, 0.2) is 0 Å². The van der Waals surface area contributed by atoms with Crippen LogP contribution in [0.2, 0.25) is 0 Å². The lowest BCUT2D eigenvalue weighted by Gasteiger charge is -2.17. The molecule has 0 bridgehead atoms. The summed E-state index contributed by atoms with van der Waals surface area (Å²) in [4.78, 5) is 9.83. The van der Waals surface area contributed by atoms with Crippen LogP contribution in [-0.2, 0) is 9.09 Å². The number of hydrogen-bond acceptors (Lipinski definition) is 3. The van der Waals surface area contributed by atoms with E-state index in [4.69, 9.17) is 10.3 Å². The number of rotatable bonds is 0. The second-order valence-electron chi connectivity index (χ2n) is 6.74. The van der Waals surface area contributed by atoms with Crippen molar-refractivity contribution in [2.75, 3.05) is 6.16 Å². The molecule has 4 nitrogen and oxygen atoms in total. The number of hydrogen-bond donors (Lipinski definition) is 2. The number of nitrogens with two attached hydrogens (primary N) is 1. The molecule has 0 saturated carbocycles. The highest BCUT2D eigenvalue weighted by molar-refractivity contribution is 7.52. The van der Waals surface area contributed by atoms with Gasteiger partial charge in [-0.1, -0.05) is 77.0 Å². The minimum absolute atomic E-state index is 0.251. The van der Waals surface area contributed by atoms with E-state index in [1.165, 1.54) is 57.8 Å². The van der Waals surface area contributed by atoms with E-state index in [1.54, 1.807) is 0 Å². The maximum atomic E-state index is 12.0. The molecule has 0 aromatic carbocycles. The maximum Gasteiger partial charge on any atom is 0.329 e. The SMILES string of the molecule is NC1CCCCCCCCCCCCCCCCP(=O)(O)O1. The van der Waals surface area contributed by atoms with Gasteiger partial charge in [-0.2, -0.15) is 0 Å². The molecule has 0 aliphatic carbocycles. The first-order valence-electron chi connectivity index (χ1n) is 9.36. The fraction of sp³-hybridized carbons (Fsp3) is 1.00. The monoisotopic (exact) mass is 333 g/mol. The Morgan fingerprint density at radius 3 is 1.55 bits per heavy atom. The van der Waals surface area contributed by atoms with Gasteiger partial charge in [0.25, 0.3) is 0 Å². The van der Waals surface area contributed by atoms with Crippen LogP contribution in [0.25, 0.3) is 0 Å². The first kappa shape index (κ1) is 20.2. The molecule has 1 rings (SSSR count). The minimum atomic E-state index is -3.49. The molecule has 5 heteroatoms. The summed E-state index contributed by atoms with van der Waals surface area (Å²) < 4.78 is 17.1. The van der Waals surface area contributed by atoms with Crippen LogP contribution in [0, 0.1) is 0 Å². The molecule has 22 heavy (non-hydrogen) atoms. The molecule has 0 aromatic heterocycles. The average Bonchev–Trinajstić information content (AvgIpc) is 2.45. The molecule has 1 aliphatic heterocycles. The third kappa shape index (κ3) is 11.6. The van der Waals surface area contributed by atoms with Gasteiger partial charge in [-0.25, -0.2) is 0 Å². The Balaban J connectivity index is 2.29. The van der Waals surface area contributed by atoms with E-state index in [0.29, 0.717) is 6.42 Å². The fourth-order valence-electron chi connectivity index (χ4n) is 3.10. The van der Waals surface area contributed by atoms with Gasteiger partial charge >= 0.3 is 7.60 Å². The molecular weight excluding hydrogens is 297 g/mol. The highest BCUT2D eigenvalue weighted by Gasteiger charge is 2.22. The Labute approximate surface area is 136 Å². The summed E-state index contributed by atoms with van der Waals surface area (Å²) in [7, 11) is -3.49. The van der Waals surface area contributed by atoms with Crippen LogP contribution in [-0.4, -0.2) is 17.3 Å². The summed E-state index contributed by atoms with van der Waals surface area (Å²) in [5, 5.41) is 0. The smallest absolute Gasteiger partial charge is 0.324 e. The lowest BCUT2D eigenvalue weighted by molar-refractivity contribution is 0.167. The van der Waals surface area contributed by atoms with Crippen LogP contribution in [0.4, 0.5) is 0 Å². The molecule has 3 N–H and O–H groups in total. The van der Waals surface area contributed by atoms with Crippen LogP contribution < -0.4 is 5.73 Å². The minimum Gasteiger partial charge on any atom is -0.324 e. The predicted octanol–water partition coefficient (Wildman–Crippen LogP) is 5.34. The zero-order chi connectivity index (χ0) is 16.1. The third-order valence-corrected chi connectivity index (χ3v) is 5.96. The van der Waals surface area contributed by atoms with Crippen molar-refractivity contribution >= 4 is 7.60 Å². The van der Waals surface area contributed by atoms with Crippen molar-refractivity contribution in [3.05, 3.63) is 0 Å². The van der Waals surface area contributed by atoms with Gasteiger partial charge in [-0.05, 0) is 19.3 Å². The van der Waals surface area contributed by atoms with Gasteiger partial charge < -0.3 is 10.6 Å². The Hall–Kier alpha value is 0.110. The second kappa shape index (κ2) is 12.5. The van der Waals surface area contributed by atoms with E-state index in [0.717, 1.165) is 32.1 Å². The van der Waals surface area contributed by atoms with Gasteiger partial charge in [-0.3, -0.25) is 9.09 Å². The highest BCUT2D eigenvalue weighted by Crippen LogP contribution is 2.44. The zero-order valence-electron chi connectivity index (χ0n) is 14.2. The normalized spacial score (nSPS) is 32.5. The molecule has 2 atom stereocenters. The molecule has 1 saturated heterocycles. The molecule has 2 unspecified atom stereocenters. The van der Waals surface area contributed by atoms with E-state index < -0.39 is 13.8 Å². The van der Waals surface area contributed by atoms with Crippen LogP contribution >= 0.6 is 7.60 Å². The van der Waals surface area contributed by atoms with Crippen LogP contribution in [0.15, 0.2) is 0 Å². The molecule has 132 valence electrons. The summed E-state index contributed by atoms with van der Waals surface area (Å²) in [5.41, 5.74) is 5.83. The van der Waals surface area contributed by atoms with Gasteiger partial charge in [0.05, 0.1) is 6.16 Å². The summed E-state index contributed by atoms with van der Waals surface area (Å²) >= 11 is 0. The van der Waals surface area contributed by atoms with E-state index in [2.05, 4.69) is 0 Å². The van der Waals surface area contributed by atoms with E-state index in [-0.39, 0.29) is 6.16 Å². The van der Waals surface area contributed by atoms with Crippen LogP contribution in [0.5, 0.6) is 0 Å². The molecule has 1 heterocycles. The quantitative estimate of drug-likeness (QED) is 0.587. The summed E-state index contributed by atoms with van der Waals surface area (Å²) in [6.45, 7) is 0. The van der Waals surface area contributed by atoms with Crippen molar-refractivity contribution in [1.82, 2.24) is 0 Å². The molecule has 0 aromatic rings. The van der Waals surface area contributed by atoms with Gasteiger partial charge in [0.1, 0.15) is 6.23 Å². The predicted molar refractivity (Wildman–Crippen MR) is 93.0 cm³/mol. The Kier molecular flexibility index (Phi) is 11.5. The Morgan fingerprint density at radius 2 is 1.09 bits per heavy atom. The molecule has 1 fully saturated rings. The maximum absolute atomic E-state index is 12.0. The van der Waals surface area contributed by atoms with E-state index >= 15 is 0 Å². The van der Waals surface area contributed by atoms with Crippen molar-refractivity contribution in [3.8, 4) is 0 Å². The Bertz CT molecular complexity index is 312. The second-order valence-corrected chi connectivity index (χ2v) is 8.68. The molecule has 0 amide bonds. The lowest BCUT2D eigenvalue weighted by atomic mass is 10.0. The summed E-state index contributed by atoms with van der Waals surface area (Å²) in [5.74, 6) is 0. The van der Waals surface area contributed by atoms with Crippen LogP contribution in [0.3, 0.4) is 0 Å². The van der Waals surface area contributed by atoms with Crippen LogP contribution in [0.1, 0.15) is 96.3 Å². The largest absolute Gasteiger partial charge is 0.329 e. The first-order valence-corrected chi connectivity index (χ1v) is 11.1. The van der Waals surface area contributed by atoms with E-state index in [1.807, 2.05) is 0 Å². The molecule has 0 spiro atoms. The van der Waals surface area contributed by atoms with Crippen molar-refractivity contribution in [2.24, 2.45) is 5.73 Å². The Morgan fingerprint density at radius 1 is 0.727 bits per heavy atom. The molecule has 1 aliphatic rings. The summed E-state index contributed by atoms with van der Waals surface area (Å²) in [6.07, 6.45) is 17.3. The topological polar surface area (TPSA) is 72.6 Å². The van der Waals surface area contributed by atoms with Crippen molar-refractivity contribution in [3.63, 3.8) is 0 Å². The van der Waals surface area contributed by atoms with Gasteiger partial charge in [0.2, 0.25) is 0 Å². The van der Waals surface area contributed by atoms with Gasteiger partial charge in [0, 0.05) is 0 Å². The molecule has 0 radical (unpaired) electrons. The first-order chi connectivity index (χ1) is 10.6. The summed E-state index contributed by atoms with van der Waals surface area (Å²) in [6, 6.07) is 0. The molecular formula is C17H36NO3P. The third-order valence-electron chi connectivity index (χ3n) is 4.48. The van der Waals surface area contributed by atoms with Crippen molar-refractivity contribution in [2.45, 2.75) is 103 Å². The lowest BCUT2D eigenvalue weighted by Crippen LogP contribution is -2.22. The fourth-order valence-corrected chi connectivity index (χ4v) is 4.35. The average molecular weight is 333 g/mol. The van der Waals surface area contributed by atoms with Gasteiger partial charge in [-0.15, -0.1) is 0 Å². The highest BCUT2D eigenvalue weighted by atomic mass is 31.2. The van der Waals surface area contributed by atoms with Crippen molar-refractivity contribution < 1.29 is 14.0 Å². The van der Waals surface area contributed by atoms with E-state index in [9.17, 15) is 9.46 Å². The standard InChI is InChI=1S/C17H36NO3P/c18-17-15-13-11-9-7-5-3-1-2-4-6-8-10-12-14-16-22(19,20)21-17/h17H,1-16,18H2,(H,19,20). The zero-order valence-corrected chi connectivity index (χ0v) is 15.1.